The van der Waals surface area contributed by atoms with Gasteiger partial charge in [-0.3, -0.25) is 0 Å². The second-order valence-electron chi connectivity index (χ2n) is 19.8. The molecule has 16 rings (SSSR count). The minimum absolute atomic E-state index is 0.122. The summed E-state index contributed by atoms with van der Waals surface area (Å²) in [6.07, 6.45) is 0. The molecule has 2 bridgehead atoms. The van der Waals surface area contributed by atoms with Crippen molar-refractivity contribution in [2.24, 2.45) is 0 Å². The first-order valence-electron chi connectivity index (χ1n) is 25.8. The molecule has 13 aromatic rings. The minimum Gasteiger partial charge on any atom is -0.208 e. The molecule has 2 aromatic heterocycles. The summed E-state index contributed by atoms with van der Waals surface area (Å²) < 4.78 is 0. The molecule has 0 N–H and O–H groups in total. The number of hydrogen-bond donors (Lipinski definition) is 0. The smallest absolute Gasteiger partial charge is 0.164 e. The Hall–Kier alpha value is -10.0. The van der Waals surface area contributed by atoms with Crippen molar-refractivity contribution in [1.82, 2.24) is 29.9 Å². The number of rotatable bonds is 8. The SMILES string of the molecule is c1ccc(-c2nc(-c3ccc(-c4ccc5c(c4)C4c6ccccc6C5c5cc(-c6ccc(-c7nc(-c8ccccc8)nc(-c8ccc9ccccc9c8)n7)cc6)ccc54)cc3)nc(-c3ccc4ccccc4c3)n2)cc1. The van der Waals surface area contributed by atoms with E-state index in [4.69, 9.17) is 29.9 Å². The first kappa shape index (κ1) is 43.5. The van der Waals surface area contributed by atoms with Gasteiger partial charge in [0.15, 0.2) is 34.9 Å². The molecule has 3 aliphatic rings. The van der Waals surface area contributed by atoms with E-state index in [0.29, 0.717) is 34.9 Å². The molecule has 2 heterocycles. The molecule has 6 nitrogen and oxygen atoms in total. The molecule has 0 amide bonds. The van der Waals surface area contributed by atoms with Gasteiger partial charge < -0.3 is 0 Å². The van der Waals surface area contributed by atoms with Crippen molar-refractivity contribution in [3.8, 4) is 90.6 Å². The summed E-state index contributed by atoms with van der Waals surface area (Å²) in [6.45, 7) is 0. The van der Waals surface area contributed by atoms with Gasteiger partial charge in [0.25, 0.3) is 0 Å². The summed E-state index contributed by atoms with van der Waals surface area (Å²) in [6, 6.07) is 90.4. The van der Waals surface area contributed by atoms with Crippen molar-refractivity contribution >= 4 is 21.5 Å². The standard InChI is InChI=1S/C70H44N6/c1-3-15-47(16-4-1)65-71-67(75-69(73-65)55-33-27-43-13-7-9-19-51(43)39-55)49-29-23-45(24-30-49)53-35-37-59-61(41-53)63-57-21-11-12-22-58(57)64(59)62-42-54(36-38-60(62)63)46-25-31-50(32-26-46)68-72-66(48-17-5-2-6-18-48)74-70(76-68)56-34-28-44-14-8-10-20-52(44)40-56/h1-42,63-64H. The molecule has 2 atom stereocenters. The maximum Gasteiger partial charge on any atom is 0.164 e. The van der Waals surface area contributed by atoms with Crippen LogP contribution in [0.3, 0.4) is 0 Å². The van der Waals surface area contributed by atoms with Gasteiger partial charge in [-0.05, 0) is 101 Å². The molecule has 3 aliphatic carbocycles. The molecule has 0 saturated carbocycles. The normalized spacial score (nSPS) is 14.1. The zero-order valence-corrected chi connectivity index (χ0v) is 41.1. The molecule has 11 aromatic carbocycles. The van der Waals surface area contributed by atoms with Crippen LogP contribution in [0.15, 0.2) is 255 Å². The Morgan fingerprint density at radius 2 is 0.447 bits per heavy atom. The lowest BCUT2D eigenvalue weighted by molar-refractivity contribution is 0.755. The van der Waals surface area contributed by atoms with E-state index in [1.165, 1.54) is 55.3 Å². The molecule has 0 radical (unpaired) electrons. The van der Waals surface area contributed by atoms with Crippen LogP contribution in [0.1, 0.15) is 45.2 Å². The molecule has 0 aliphatic heterocycles. The van der Waals surface area contributed by atoms with Gasteiger partial charge in [-0.15, -0.1) is 0 Å². The Labute approximate surface area is 439 Å². The van der Waals surface area contributed by atoms with Crippen LogP contribution in [-0.4, -0.2) is 29.9 Å². The zero-order chi connectivity index (χ0) is 50.1. The summed E-state index contributed by atoms with van der Waals surface area (Å²) in [4.78, 5) is 30.2. The van der Waals surface area contributed by atoms with Crippen molar-refractivity contribution < 1.29 is 0 Å². The Morgan fingerprint density at radius 1 is 0.171 bits per heavy atom. The van der Waals surface area contributed by atoms with Crippen molar-refractivity contribution in [3.05, 3.63) is 288 Å². The van der Waals surface area contributed by atoms with E-state index >= 15 is 0 Å². The zero-order valence-electron chi connectivity index (χ0n) is 41.1. The quantitative estimate of drug-likeness (QED) is 0.151. The summed E-state index contributed by atoms with van der Waals surface area (Å²) in [5.74, 6) is 4.11. The van der Waals surface area contributed by atoms with Gasteiger partial charge in [0.2, 0.25) is 0 Å². The monoisotopic (exact) mass is 968 g/mol. The van der Waals surface area contributed by atoms with Crippen LogP contribution in [0.25, 0.3) is 112 Å². The van der Waals surface area contributed by atoms with E-state index in [-0.39, 0.29) is 11.8 Å². The second kappa shape index (κ2) is 17.9. The van der Waals surface area contributed by atoms with Gasteiger partial charge in [0.1, 0.15) is 0 Å². The van der Waals surface area contributed by atoms with Gasteiger partial charge in [0.05, 0.1) is 0 Å². The van der Waals surface area contributed by atoms with Crippen LogP contribution >= 0.6 is 0 Å². The topological polar surface area (TPSA) is 77.3 Å². The number of nitrogens with zero attached hydrogens (tertiary/aromatic N) is 6. The Morgan fingerprint density at radius 3 is 0.842 bits per heavy atom. The van der Waals surface area contributed by atoms with Gasteiger partial charge in [-0.25, -0.2) is 29.9 Å². The fraction of sp³-hybridized carbons (Fsp3) is 0.0286. The highest BCUT2D eigenvalue weighted by molar-refractivity contribution is 5.88. The molecule has 354 valence electrons. The third-order valence-corrected chi connectivity index (χ3v) is 15.3. The minimum atomic E-state index is 0.122. The van der Waals surface area contributed by atoms with E-state index in [1.54, 1.807) is 0 Å². The highest BCUT2D eigenvalue weighted by Crippen LogP contribution is 2.57. The maximum atomic E-state index is 5.08. The number of hydrogen-bond acceptors (Lipinski definition) is 6. The molecular formula is C70H44N6. The van der Waals surface area contributed by atoms with Crippen LogP contribution in [-0.2, 0) is 0 Å². The maximum absolute atomic E-state index is 5.08. The number of fused-ring (bicyclic) bond motifs is 2. The van der Waals surface area contributed by atoms with E-state index < -0.39 is 0 Å². The molecule has 0 fully saturated rings. The predicted octanol–water partition coefficient (Wildman–Crippen LogP) is 16.7. The summed E-state index contributed by atoms with van der Waals surface area (Å²) in [5.41, 5.74) is 18.6. The van der Waals surface area contributed by atoms with Crippen molar-refractivity contribution in [1.29, 1.82) is 0 Å². The molecule has 0 saturated heterocycles. The molecule has 6 heteroatoms. The highest BCUT2D eigenvalue weighted by atomic mass is 15.0. The number of benzene rings is 11. The summed E-state index contributed by atoms with van der Waals surface area (Å²) >= 11 is 0. The average molecular weight is 969 g/mol. The van der Waals surface area contributed by atoms with Gasteiger partial charge >= 0.3 is 0 Å². The molecular weight excluding hydrogens is 925 g/mol. The second-order valence-corrected chi connectivity index (χ2v) is 19.8. The van der Waals surface area contributed by atoms with Crippen LogP contribution in [0.2, 0.25) is 0 Å². The number of aromatic nitrogens is 6. The van der Waals surface area contributed by atoms with Crippen molar-refractivity contribution in [2.75, 3.05) is 0 Å². The fourth-order valence-corrected chi connectivity index (χ4v) is 11.6. The van der Waals surface area contributed by atoms with E-state index in [1.807, 2.05) is 60.7 Å². The molecule has 2 unspecified atom stereocenters. The largest absolute Gasteiger partial charge is 0.208 e. The van der Waals surface area contributed by atoms with Crippen LogP contribution in [0, 0.1) is 0 Å². The van der Waals surface area contributed by atoms with Crippen LogP contribution in [0.4, 0.5) is 0 Å². The van der Waals surface area contributed by atoms with E-state index in [0.717, 1.165) is 55.3 Å². The van der Waals surface area contributed by atoms with Gasteiger partial charge in [-0.1, -0.05) is 231 Å². The summed E-state index contributed by atoms with van der Waals surface area (Å²) in [7, 11) is 0. The lowest BCUT2D eigenvalue weighted by atomic mass is 9.60. The first-order chi connectivity index (χ1) is 37.6. The Balaban J connectivity index is 0.746. The average Bonchev–Trinajstić information content (AvgIpc) is 3.51. The third-order valence-electron chi connectivity index (χ3n) is 15.3. The van der Waals surface area contributed by atoms with Crippen LogP contribution < -0.4 is 0 Å². The first-order valence-corrected chi connectivity index (χ1v) is 25.8. The predicted molar refractivity (Wildman–Crippen MR) is 306 cm³/mol. The Bertz CT molecular complexity index is 4120. The van der Waals surface area contributed by atoms with Crippen LogP contribution in [0.5, 0.6) is 0 Å². The van der Waals surface area contributed by atoms with Gasteiger partial charge in [-0.2, -0.15) is 0 Å². The van der Waals surface area contributed by atoms with Crippen molar-refractivity contribution in [2.45, 2.75) is 11.8 Å². The van der Waals surface area contributed by atoms with E-state index in [9.17, 15) is 0 Å². The third kappa shape index (κ3) is 7.57. The Kier molecular flexibility index (Phi) is 10.2. The van der Waals surface area contributed by atoms with E-state index in [2.05, 4.69) is 194 Å². The molecule has 0 spiro atoms. The summed E-state index contributed by atoms with van der Waals surface area (Å²) in [5, 5.41) is 4.65. The van der Waals surface area contributed by atoms with Gasteiger partial charge in [0, 0.05) is 45.2 Å². The fourth-order valence-electron chi connectivity index (χ4n) is 11.6. The molecule has 76 heavy (non-hydrogen) atoms. The van der Waals surface area contributed by atoms with Crippen molar-refractivity contribution in [3.63, 3.8) is 0 Å². The highest BCUT2D eigenvalue weighted by Gasteiger charge is 2.41. The lowest BCUT2D eigenvalue weighted by Gasteiger charge is -2.42. The lowest BCUT2D eigenvalue weighted by Crippen LogP contribution is -2.27.